The molecule has 0 bridgehead atoms. The highest BCUT2D eigenvalue weighted by Crippen LogP contribution is 2.38. The van der Waals surface area contributed by atoms with Crippen molar-refractivity contribution in [2.75, 3.05) is 35.4 Å². The highest BCUT2D eigenvalue weighted by molar-refractivity contribution is 14.1. The van der Waals surface area contributed by atoms with Gasteiger partial charge < -0.3 is 53.1 Å². The van der Waals surface area contributed by atoms with Crippen LogP contribution < -0.4 is 24.3 Å². The number of carbonyl (C=O) groups is 1. The maximum Gasteiger partial charge on any atom is 0.415 e. The van der Waals surface area contributed by atoms with Gasteiger partial charge in [-0.15, -0.1) is 0 Å². The summed E-state index contributed by atoms with van der Waals surface area (Å²) < 4.78 is 28.6. The Kier molecular flexibility index (Phi) is 22.6. The van der Waals surface area contributed by atoms with Gasteiger partial charge in [-0.1, -0.05) is 13.8 Å². The third-order valence-electron chi connectivity index (χ3n) is 12.9. The number of halogens is 1. The minimum atomic E-state index is -0.403. The average Bonchev–Trinajstić information content (AvgIpc) is 4.22. The highest BCUT2D eigenvalue weighted by Gasteiger charge is 2.21. The molecule has 15 nitrogen and oxygen atoms in total. The molecule has 0 radical (unpaired) electrons. The number of phenolic OH excluding ortho intramolecular Hbond substituents is 2. The SMILES string of the molecule is CCn1c(-c2ccc(O)cc2)c(C#N)c2ccc(OC)cc21.CCn1c(-c2ccc(OC(=O)N(C)C(C)C)cc2)c(C#N)c2ccc(OC)cc21.CCn1cc(C#N)c2ccc(OC)cc21.CNC(C)C.Oc1ccc(I)cc1. The molecule has 410 valence electrons. The summed E-state index contributed by atoms with van der Waals surface area (Å²) in [6.07, 6.45) is 1.48. The quantitative estimate of drug-likeness (QED) is 0.104. The lowest BCUT2D eigenvalue weighted by Gasteiger charge is -2.20. The molecule has 0 atom stereocenters. The van der Waals surface area contributed by atoms with E-state index in [1.807, 2.05) is 132 Å². The molecule has 0 fully saturated rings. The van der Waals surface area contributed by atoms with E-state index in [1.54, 1.807) is 64.8 Å². The van der Waals surface area contributed by atoms with E-state index in [-0.39, 0.29) is 11.8 Å². The van der Waals surface area contributed by atoms with E-state index in [1.165, 1.54) is 4.90 Å². The van der Waals surface area contributed by atoms with Crippen LogP contribution in [0.15, 0.2) is 134 Å². The van der Waals surface area contributed by atoms with Crippen LogP contribution >= 0.6 is 22.6 Å². The molecule has 0 unspecified atom stereocenters. The van der Waals surface area contributed by atoms with Gasteiger partial charge in [-0.25, -0.2) is 4.79 Å². The molecule has 0 aliphatic rings. The largest absolute Gasteiger partial charge is 0.508 e. The van der Waals surface area contributed by atoms with Gasteiger partial charge in [-0.2, -0.15) is 15.8 Å². The molecule has 0 aliphatic heterocycles. The number of amides is 1. The maximum atomic E-state index is 12.1. The first-order valence-corrected chi connectivity index (χ1v) is 26.8. The van der Waals surface area contributed by atoms with Crippen LogP contribution in [0.25, 0.3) is 55.2 Å². The molecular weight excluding hydrogens is 1110 g/mol. The van der Waals surface area contributed by atoms with Gasteiger partial charge in [0.15, 0.2) is 0 Å². The second-order valence-corrected chi connectivity index (χ2v) is 19.6. The predicted octanol–water partition coefficient (Wildman–Crippen LogP) is 14.1. The lowest BCUT2D eigenvalue weighted by Crippen LogP contribution is -2.35. The van der Waals surface area contributed by atoms with Gasteiger partial charge in [0.2, 0.25) is 0 Å². The van der Waals surface area contributed by atoms with E-state index in [0.29, 0.717) is 35.2 Å². The number of fused-ring (bicyclic) bond motifs is 3. The van der Waals surface area contributed by atoms with Crippen LogP contribution in [0.2, 0.25) is 0 Å². The Bertz CT molecular complexity index is 3580. The summed E-state index contributed by atoms with van der Waals surface area (Å²) in [7, 11) is 8.56. The lowest BCUT2D eigenvalue weighted by atomic mass is 10.1. The van der Waals surface area contributed by atoms with Gasteiger partial charge >= 0.3 is 6.09 Å². The summed E-state index contributed by atoms with van der Waals surface area (Å²) in [4.78, 5) is 13.7. The fourth-order valence-corrected chi connectivity index (χ4v) is 8.63. The smallest absolute Gasteiger partial charge is 0.415 e. The van der Waals surface area contributed by atoms with E-state index in [2.05, 4.69) is 80.6 Å². The van der Waals surface area contributed by atoms with Crippen molar-refractivity contribution >= 4 is 61.4 Å². The molecule has 0 aliphatic carbocycles. The number of nitrogens with zero attached hydrogens (tertiary/aromatic N) is 7. The number of phenols is 2. The summed E-state index contributed by atoms with van der Waals surface area (Å²) in [6, 6.07) is 46.0. The van der Waals surface area contributed by atoms with Crippen LogP contribution in [0.5, 0.6) is 34.5 Å². The number of ether oxygens (including phenoxy) is 4. The summed E-state index contributed by atoms with van der Waals surface area (Å²) in [5.74, 6) is 3.33. The van der Waals surface area contributed by atoms with E-state index in [9.17, 15) is 20.4 Å². The first kappa shape index (κ1) is 61.2. The molecule has 0 saturated carbocycles. The van der Waals surface area contributed by atoms with Gasteiger partial charge in [-0.3, -0.25) is 0 Å². The molecule has 6 aromatic carbocycles. The van der Waals surface area contributed by atoms with Gasteiger partial charge in [0.25, 0.3) is 0 Å². The fraction of sp³-hybridized carbons (Fsp3) is 0.270. The summed E-state index contributed by atoms with van der Waals surface area (Å²) in [5.41, 5.74) is 8.46. The zero-order valence-corrected chi connectivity index (χ0v) is 49.1. The van der Waals surface area contributed by atoms with E-state index in [4.69, 9.17) is 29.3 Å². The molecule has 1 amide bonds. The van der Waals surface area contributed by atoms with Crippen molar-refractivity contribution in [3.05, 3.63) is 154 Å². The van der Waals surface area contributed by atoms with Crippen molar-refractivity contribution < 1.29 is 34.0 Å². The molecule has 3 aromatic heterocycles. The van der Waals surface area contributed by atoms with Crippen molar-refractivity contribution in [3.8, 4) is 75.2 Å². The Labute approximate surface area is 477 Å². The Morgan fingerprint density at radius 2 is 0.987 bits per heavy atom. The molecular formula is C63H69IN8O7. The fourth-order valence-electron chi connectivity index (χ4n) is 8.27. The highest BCUT2D eigenvalue weighted by atomic mass is 127. The standard InChI is InChI=1S/C23H25N3O3.C18H16N2O2.C12H12N2O.C6H5IO.C4H11N/c1-6-26-21-13-18(28-5)11-12-19(21)20(14-24)22(26)16-7-9-17(10-8-16)29-23(27)25(4)15(2)3;1-3-20-17-10-14(22-2)8-9-15(17)16(11-19)18(20)12-4-6-13(21)7-5-12;1-3-14-8-9(7-13)11-5-4-10(15-2)6-12(11)14;7-5-1-3-6(8)4-2-5;1-4(2)5-3/h7-13,15H,6H2,1-5H3;4-10,21H,3H2,1-2H3;4-6,8H,3H2,1-2H3;1-4,8H;4-5H,1-3H3. The molecule has 0 saturated heterocycles. The van der Waals surface area contributed by atoms with Gasteiger partial charge in [0, 0.05) is 82.9 Å². The number of nitriles is 3. The minimum Gasteiger partial charge on any atom is -0.508 e. The predicted molar refractivity (Wildman–Crippen MR) is 323 cm³/mol. The van der Waals surface area contributed by atoms with E-state index >= 15 is 0 Å². The Morgan fingerprint density at radius 1 is 0.595 bits per heavy atom. The van der Waals surface area contributed by atoms with Crippen LogP contribution in [-0.2, 0) is 19.6 Å². The molecule has 9 rings (SSSR count). The number of aromatic hydroxyl groups is 2. The van der Waals surface area contributed by atoms with E-state index < -0.39 is 6.09 Å². The van der Waals surface area contributed by atoms with Crippen molar-refractivity contribution in [1.82, 2.24) is 23.9 Å². The monoisotopic (exact) mass is 1180 g/mol. The third kappa shape index (κ3) is 15.1. The number of hydrogen-bond donors (Lipinski definition) is 3. The second kappa shape index (κ2) is 29.2. The van der Waals surface area contributed by atoms with Gasteiger partial charge in [0.1, 0.15) is 52.7 Å². The topological polar surface area (TPSA) is 196 Å². The van der Waals surface area contributed by atoms with Crippen molar-refractivity contribution in [2.24, 2.45) is 0 Å². The summed E-state index contributed by atoms with van der Waals surface area (Å²) >= 11 is 2.19. The third-order valence-corrected chi connectivity index (χ3v) is 13.6. The molecule has 3 N–H and O–H groups in total. The molecule has 79 heavy (non-hydrogen) atoms. The van der Waals surface area contributed by atoms with Crippen LogP contribution in [-0.4, -0.2) is 82.4 Å². The first-order chi connectivity index (χ1) is 37.9. The van der Waals surface area contributed by atoms with Crippen molar-refractivity contribution in [3.63, 3.8) is 0 Å². The van der Waals surface area contributed by atoms with Gasteiger partial charge in [-0.05, 0) is 185 Å². The average molecular weight is 1180 g/mol. The number of methoxy groups -OCH3 is 3. The number of nitrogens with one attached hydrogen (secondary N) is 1. The molecule has 9 aromatic rings. The number of rotatable bonds is 11. The lowest BCUT2D eigenvalue weighted by molar-refractivity contribution is 0.152. The Morgan fingerprint density at radius 3 is 1.34 bits per heavy atom. The first-order valence-electron chi connectivity index (χ1n) is 25.7. The van der Waals surface area contributed by atoms with Crippen LogP contribution in [0, 0.1) is 37.6 Å². The zero-order valence-electron chi connectivity index (χ0n) is 46.9. The number of hydrogen-bond acceptors (Lipinski definition) is 11. The minimum absolute atomic E-state index is 0.0530. The second-order valence-electron chi connectivity index (χ2n) is 18.3. The normalized spacial score (nSPS) is 10.4. The number of carbonyl (C=O) groups excluding carboxylic acids is 1. The van der Waals surface area contributed by atoms with Crippen molar-refractivity contribution in [2.45, 2.75) is 80.2 Å². The van der Waals surface area contributed by atoms with Gasteiger partial charge in [0.05, 0.1) is 66.0 Å². The Balaban J connectivity index is 0.000000202. The number of benzene rings is 6. The van der Waals surface area contributed by atoms with Crippen LogP contribution in [0.1, 0.15) is 65.2 Å². The molecule has 16 heteroatoms. The summed E-state index contributed by atoms with van der Waals surface area (Å²) in [6.45, 7) is 16.5. The maximum absolute atomic E-state index is 12.1. The zero-order chi connectivity index (χ0) is 57.9. The summed E-state index contributed by atoms with van der Waals surface area (Å²) in [5, 5.41) is 52.5. The number of aryl methyl sites for hydroxylation is 3. The molecule has 3 heterocycles. The van der Waals surface area contributed by atoms with Crippen LogP contribution in [0.3, 0.4) is 0 Å². The Hall–Kier alpha value is -8.63. The number of aromatic nitrogens is 3. The van der Waals surface area contributed by atoms with Crippen molar-refractivity contribution in [1.29, 1.82) is 15.8 Å². The van der Waals surface area contributed by atoms with Crippen LogP contribution in [0.4, 0.5) is 4.79 Å². The molecule has 0 spiro atoms. The van der Waals surface area contributed by atoms with E-state index in [0.717, 1.165) is 94.7 Å².